The first kappa shape index (κ1) is 25.2. The van der Waals surface area contributed by atoms with Crippen LogP contribution in [0, 0.1) is 13.8 Å². The van der Waals surface area contributed by atoms with Crippen LogP contribution < -0.4 is 20.9 Å². The van der Waals surface area contributed by atoms with E-state index in [1.807, 2.05) is 55.5 Å². The number of nitrogens with zero attached hydrogens (tertiary/aromatic N) is 2. The molecule has 0 radical (unpaired) electrons. The molecule has 0 fully saturated rings. The fourth-order valence-corrected chi connectivity index (χ4v) is 3.97. The predicted molar refractivity (Wildman–Crippen MR) is 146 cm³/mol. The Balaban J connectivity index is 1.50. The molecule has 0 bridgehead atoms. The SMILES string of the molecule is COc1ccc(C)cc1/C=C/C(=O)Nc1cccc(C(=O)Nc2c(C)n(C)n(-c3ccccc3)c2=O)c1. The molecule has 3 aromatic carbocycles. The van der Waals surface area contributed by atoms with Crippen LogP contribution in [0.5, 0.6) is 5.75 Å². The number of ether oxygens (including phenoxy) is 1. The average Bonchev–Trinajstić information content (AvgIpc) is 3.11. The van der Waals surface area contributed by atoms with Crippen LogP contribution in [0.4, 0.5) is 11.4 Å². The summed E-state index contributed by atoms with van der Waals surface area (Å²) in [5.41, 5.74) is 3.75. The molecule has 2 N–H and O–H groups in total. The predicted octanol–water partition coefficient (Wildman–Crippen LogP) is 4.71. The van der Waals surface area contributed by atoms with Crippen molar-refractivity contribution in [2.45, 2.75) is 13.8 Å². The molecular formula is C29H28N4O4. The number of benzene rings is 3. The van der Waals surface area contributed by atoms with E-state index in [1.54, 1.807) is 56.1 Å². The van der Waals surface area contributed by atoms with Crippen molar-refractivity contribution in [2.75, 3.05) is 17.7 Å². The van der Waals surface area contributed by atoms with Crippen molar-refractivity contribution in [3.63, 3.8) is 0 Å². The number of amides is 2. The van der Waals surface area contributed by atoms with Gasteiger partial charge < -0.3 is 15.4 Å². The molecule has 0 aliphatic heterocycles. The lowest BCUT2D eigenvalue weighted by atomic mass is 10.1. The lowest BCUT2D eigenvalue weighted by Gasteiger charge is -2.08. The summed E-state index contributed by atoms with van der Waals surface area (Å²) in [4.78, 5) is 38.6. The minimum absolute atomic E-state index is 0.195. The summed E-state index contributed by atoms with van der Waals surface area (Å²) >= 11 is 0. The van der Waals surface area contributed by atoms with Gasteiger partial charge in [0.2, 0.25) is 5.91 Å². The highest BCUT2D eigenvalue weighted by Crippen LogP contribution is 2.21. The summed E-state index contributed by atoms with van der Waals surface area (Å²) in [7, 11) is 3.34. The van der Waals surface area contributed by atoms with Crippen molar-refractivity contribution in [1.29, 1.82) is 0 Å². The molecule has 0 saturated heterocycles. The van der Waals surface area contributed by atoms with Crippen molar-refractivity contribution in [2.24, 2.45) is 7.05 Å². The molecule has 37 heavy (non-hydrogen) atoms. The number of aryl methyl sites for hydroxylation is 1. The summed E-state index contributed by atoms with van der Waals surface area (Å²) in [5.74, 6) is -0.149. The molecular weight excluding hydrogens is 468 g/mol. The van der Waals surface area contributed by atoms with Gasteiger partial charge in [-0.15, -0.1) is 0 Å². The molecule has 1 aromatic heterocycles. The maximum atomic E-state index is 13.1. The van der Waals surface area contributed by atoms with Gasteiger partial charge in [-0.3, -0.25) is 19.1 Å². The number of para-hydroxylation sites is 1. The molecule has 0 atom stereocenters. The Morgan fingerprint density at radius 3 is 2.41 bits per heavy atom. The molecule has 2 amide bonds. The third kappa shape index (κ3) is 5.54. The summed E-state index contributed by atoms with van der Waals surface area (Å²) in [5, 5.41) is 5.50. The number of hydrogen-bond donors (Lipinski definition) is 2. The third-order valence-electron chi connectivity index (χ3n) is 5.98. The number of aromatic nitrogens is 2. The minimum Gasteiger partial charge on any atom is -0.496 e. The number of nitrogens with one attached hydrogen (secondary N) is 2. The van der Waals surface area contributed by atoms with E-state index < -0.39 is 5.91 Å². The Hall–Kier alpha value is -4.85. The van der Waals surface area contributed by atoms with Gasteiger partial charge in [-0.05, 0) is 62.4 Å². The Bertz CT molecular complexity index is 1550. The Morgan fingerprint density at radius 2 is 1.68 bits per heavy atom. The van der Waals surface area contributed by atoms with Crippen LogP contribution in [-0.4, -0.2) is 28.3 Å². The lowest BCUT2D eigenvalue weighted by molar-refractivity contribution is -0.111. The van der Waals surface area contributed by atoms with Gasteiger partial charge in [-0.25, -0.2) is 4.68 Å². The zero-order chi connectivity index (χ0) is 26.5. The van der Waals surface area contributed by atoms with E-state index >= 15 is 0 Å². The van der Waals surface area contributed by atoms with Gasteiger partial charge in [0.1, 0.15) is 11.4 Å². The number of anilines is 2. The molecule has 1 heterocycles. The topological polar surface area (TPSA) is 94.4 Å². The maximum Gasteiger partial charge on any atom is 0.295 e. The van der Waals surface area contributed by atoms with Gasteiger partial charge in [0.15, 0.2) is 0 Å². The minimum atomic E-state index is -0.456. The second kappa shape index (κ2) is 10.8. The van der Waals surface area contributed by atoms with Crippen LogP contribution in [0.2, 0.25) is 0 Å². The van der Waals surface area contributed by atoms with E-state index in [-0.39, 0.29) is 17.2 Å². The summed E-state index contributed by atoms with van der Waals surface area (Å²) in [6.45, 7) is 3.73. The van der Waals surface area contributed by atoms with Crippen molar-refractivity contribution < 1.29 is 14.3 Å². The van der Waals surface area contributed by atoms with Crippen LogP contribution in [-0.2, 0) is 11.8 Å². The summed E-state index contributed by atoms with van der Waals surface area (Å²) in [6.07, 6.45) is 3.08. The van der Waals surface area contributed by atoms with Gasteiger partial charge in [0.25, 0.3) is 11.5 Å². The van der Waals surface area contributed by atoms with Gasteiger partial charge in [-0.2, -0.15) is 0 Å². The van der Waals surface area contributed by atoms with Gasteiger partial charge in [0, 0.05) is 29.9 Å². The van der Waals surface area contributed by atoms with E-state index in [2.05, 4.69) is 10.6 Å². The Morgan fingerprint density at radius 1 is 0.919 bits per heavy atom. The molecule has 4 rings (SSSR count). The van der Waals surface area contributed by atoms with E-state index in [1.165, 1.54) is 10.8 Å². The van der Waals surface area contributed by atoms with E-state index in [0.29, 0.717) is 28.4 Å². The fourth-order valence-electron chi connectivity index (χ4n) is 3.97. The number of hydrogen-bond acceptors (Lipinski definition) is 4. The number of methoxy groups -OCH3 is 1. The van der Waals surface area contributed by atoms with Crippen LogP contribution in [0.25, 0.3) is 11.8 Å². The number of rotatable bonds is 7. The van der Waals surface area contributed by atoms with Gasteiger partial charge in [-0.1, -0.05) is 35.9 Å². The highest BCUT2D eigenvalue weighted by Gasteiger charge is 2.19. The second-order valence-corrected chi connectivity index (χ2v) is 8.54. The molecule has 0 unspecified atom stereocenters. The van der Waals surface area contributed by atoms with Gasteiger partial charge in [0.05, 0.1) is 18.5 Å². The normalized spacial score (nSPS) is 10.9. The summed E-state index contributed by atoms with van der Waals surface area (Å²) < 4.78 is 8.53. The average molecular weight is 497 g/mol. The van der Waals surface area contributed by atoms with E-state index in [9.17, 15) is 14.4 Å². The molecule has 188 valence electrons. The fraction of sp³-hybridized carbons (Fsp3) is 0.138. The zero-order valence-corrected chi connectivity index (χ0v) is 21.1. The highest BCUT2D eigenvalue weighted by atomic mass is 16.5. The van der Waals surface area contributed by atoms with Crippen molar-refractivity contribution >= 4 is 29.3 Å². The van der Waals surface area contributed by atoms with Crippen LogP contribution in [0.15, 0.2) is 83.7 Å². The van der Waals surface area contributed by atoms with E-state index in [0.717, 1.165) is 11.1 Å². The smallest absolute Gasteiger partial charge is 0.295 e. The maximum absolute atomic E-state index is 13.1. The molecule has 0 saturated carbocycles. The molecule has 0 aliphatic carbocycles. The Kier molecular flexibility index (Phi) is 7.39. The van der Waals surface area contributed by atoms with Crippen LogP contribution >= 0.6 is 0 Å². The first-order chi connectivity index (χ1) is 17.8. The summed E-state index contributed by atoms with van der Waals surface area (Å²) in [6, 6.07) is 21.4. The number of carbonyl (C=O) groups excluding carboxylic acids is 2. The largest absolute Gasteiger partial charge is 0.496 e. The molecule has 8 heteroatoms. The lowest BCUT2D eigenvalue weighted by Crippen LogP contribution is -2.23. The van der Waals surface area contributed by atoms with Crippen molar-refractivity contribution in [3.05, 3.63) is 112 Å². The van der Waals surface area contributed by atoms with Crippen LogP contribution in [0.1, 0.15) is 27.2 Å². The molecule has 8 nitrogen and oxygen atoms in total. The molecule has 4 aromatic rings. The zero-order valence-electron chi connectivity index (χ0n) is 21.1. The quantitative estimate of drug-likeness (QED) is 0.363. The van der Waals surface area contributed by atoms with Crippen LogP contribution in [0.3, 0.4) is 0 Å². The van der Waals surface area contributed by atoms with Crippen molar-refractivity contribution in [1.82, 2.24) is 9.36 Å². The van der Waals surface area contributed by atoms with Gasteiger partial charge >= 0.3 is 0 Å². The first-order valence-electron chi connectivity index (χ1n) is 11.7. The molecule has 0 spiro atoms. The third-order valence-corrected chi connectivity index (χ3v) is 5.98. The standard InChI is InChI=1S/C29H28N4O4/c1-19-13-15-25(37-4)21(17-19)14-16-26(34)30-23-10-8-9-22(18-23)28(35)31-27-20(2)32(3)33(29(27)36)24-11-6-5-7-12-24/h5-18H,1-4H3,(H,30,34)(H,31,35)/b16-14+. The van der Waals surface area contributed by atoms with Crippen molar-refractivity contribution in [3.8, 4) is 11.4 Å². The Labute approximate surface area is 214 Å². The highest BCUT2D eigenvalue weighted by molar-refractivity contribution is 6.06. The molecule has 0 aliphatic rings. The van der Waals surface area contributed by atoms with E-state index in [4.69, 9.17) is 4.74 Å². The second-order valence-electron chi connectivity index (χ2n) is 8.54. The number of carbonyl (C=O) groups is 2. The first-order valence-corrected chi connectivity index (χ1v) is 11.7. The monoisotopic (exact) mass is 496 g/mol.